The van der Waals surface area contributed by atoms with E-state index in [1.165, 1.54) is 6.07 Å². The number of benzene rings is 2. The van der Waals surface area contributed by atoms with Crippen LogP contribution in [0.5, 0.6) is 0 Å². The van der Waals surface area contributed by atoms with Crippen molar-refractivity contribution < 1.29 is 9.13 Å². The van der Waals surface area contributed by atoms with Gasteiger partial charge in [0, 0.05) is 37.8 Å². The van der Waals surface area contributed by atoms with Gasteiger partial charge in [0.1, 0.15) is 5.82 Å². The van der Waals surface area contributed by atoms with Crippen LogP contribution in [0, 0.1) is 5.82 Å². The number of guanidine groups is 1. The Bertz CT molecular complexity index is 706. The molecule has 0 bridgehead atoms. The summed E-state index contributed by atoms with van der Waals surface area (Å²) in [5.74, 6) is 0.384. The standard InChI is InChI=1S/C18H21ClFN3O/c1-21-18(23-11-14-5-3-4-6-16(14)19)22-10-13-7-8-17(20)15(9-13)12-24-2/h3-9H,10-12H2,1-2H3,(H2,21,22,23). The first-order valence-electron chi connectivity index (χ1n) is 7.58. The Morgan fingerprint density at radius 3 is 2.58 bits per heavy atom. The van der Waals surface area contributed by atoms with Crippen LogP contribution in [0.1, 0.15) is 16.7 Å². The molecule has 24 heavy (non-hydrogen) atoms. The van der Waals surface area contributed by atoms with E-state index in [4.69, 9.17) is 16.3 Å². The fourth-order valence-electron chi connectivity index (χ4n) is 2.23. The van der Waals surface area contributed by atoms with Crippen LogP contribution in [0.2, 0.25) is 5.02 Å². The summed E-state index contributed by atoms with van der Waals surface area (Å²) in [6, 6.07) is 12.6. The molecule has 0 saturated carbocycles. The first-order chi connectivity index (χ1) is 11.6. The third-order valence-corrected chi connectivity index (χ3v) is 3.87. The highest BCUT2D eigenvalue weighted by Crippen LogP contribution is 2.14. The van der Waals surface area contributed by atoms with E-state index in [1.54, 1.807) is 26.3 Å². The van der Waals surface area contributed by atoms with Crippen LogP contribution < -0.4 is 10.6 Å². The van der Waals surface area contributed by atoms with Gasteiger partial charge in [-0.3, -0.25) is 4.99 Å². The lowest BCUT2D eigenvalue weighted by Crippen LogP contribution is -2.36. The van der Waals surface area contributed by atoms with Crippen molar-refractivity contribution >= 4 is 17.6 Å². The monoisotopic (exact) mass is 349 g/mol. The summed E-state index contributed by atoms with van der Waals surface area (Å²) in [6.07, 6.45) is 0. The van der Waals surface area contributed by atoms with E-state index in [0.717, 1.165) is 11.1 Å². The van der Waals surface area contributed by atoms with Gasteiger partial charge < -0.3 is 15.4 Å². The van der Waals surface area contributed by atoms with Crippen LogP contribution in [-0.4, -0.2) is 20.1 Å². The molecule has 2 N–H and O–H groups in total. The number of halogens is 2. The van der Waals surface area contributed by atoms with Crippen LogP contribution in [0.25, 0.3) is 0 Å². The molecule has 0 atom stereocenters. The van der Waals surface area contributed by atoms with Crippen molar-refractivity contribution in [2.24, 2.45) is 4.99 Å². The Hall–Kier alpha value is -2.11. The highest BCUT2D eigenvalue weighted by Gasteiger charge is 2.05. The molecule has 6 heteroatoms. The fraction of sp³-hybridized carbons (Fsp3) is 0.278. The molecule has 0 aliphatic carbocycles. The minimum absolute atomic E-state index is 0.249. The first kappa shape index (κ1) is 18.2. The predicted molar refractivity (Wildman–Crippen MR) is 95.6 cm³/mol. The van der Waals surface area contributed by atoms with Gasteiger partial charge >= 0.3 is 0 Å². The average molecular weight is 350 g/mol. The van der Waals surface area contributed by atoms with Gasteiger partial charge in [-0.1, -0.05) is 35.9 Å². The van der Waals surface area contributed by atoms with E-state index in [1.807, 2.05) is 24.3 Å². The number of ether oxygens (including phenoxy) is 1. The average Bonchev–Trinajstić information content (AvgIpc) is 2.59. The Balaban J connectivity index is 1.92. The van der Waals surface area contributed by atoms with Crippen LogP contribution in [0.3, 0.4) is 0 Å². The molecule has 0 heterocycles. The second kappa shape index (κ2) is 9.25. The van der Waals surface area contributed by atoms with E-state index in [9.17, 15) is 4.39 Å². The molecular weight excluding hydrogens is 329 g/mol. The van der Waals surface area contributed by atoms with E-state index >= 15 is 0 Å². The van der Waals surface area contributed by atoms with Gasteiger partial charge in [0.25, 0.3) is 0 Å². The molecule has 0 aromatic heterocycles. The van der Waals surface area contributed by atoms with Gasteiger partial charge in [-0.15, -0.1) is 0 Å². The van der Waals surface area contributed by atoms with Crippen LogP contribution in [0.4, 0.5) is 4.39 Å². The smallest absolute Gasteiger partial charge is 0.191 e. The lowest BCUT2D eigenvalue weighted by molar-refractivity contribution is 0.181. The molecule has 2 aromatic carbocycles. The van der Waals surface area contributed by atoms with Crippen molar-refractivity contribution in [3.63, 3.8) is 0 Å². The Labute approximate surface area is 146 Å². The van der Waals surface area contributed by atoms with Crippen LogP contribution in [0.15, 0.2) is 47.5 Å². The number of hydrogen-bond acceptors (Lipinski definition) is 2. The molecule has 0 amide bonds. The minimum Gasteiger partial charge on any atom is -0.380 e. The molecule has 128 valence electrons. The van der Waals surface area contributed by atoms with Crippen molar-refractivity contribution in [1.29, 1.82) is 0 Å². The molecule has 4 nitrogen and oxygen atoms in total. The maximum absolute atomic E-state index is 13.6. The number of methoxy groups -OCH3 is 1. The minimum atomic E-state index is -0.262. The van der Waals surface area contributed by atoms with E-state index < -0.39 is 0 Å². The number of nitrogens with zero attached hydrogens (tertiary/aromatic N) is 1. The van der Waals surface area contributed by atoms with Gasteiger partial charge in [-0.05, 0) is 29.3 Å². The largest absolute Gasteiger partial charge is 0.380 e. The summed E-state index contributed by atoms with van der Waals surface area (Å²) in [7, 11) is 3.24. The predicted octanol–water partition coefficient (Wildman–Crippen LogP) is 3.49. The molecule has 0 radical (unpaired) electrons. The van der Waals surface area contributed by atoms with E-state index in [2.05, 4.69) is 15.6 Å². The number of rotatable bonds is 6. The quantitative estimate of drug-likeness (QED) is 0.620. The molecular formula is C18H21ClFN3O. The van der Waals surface area contributed by atoms with E-state index in [-0.39, 0.29) is 12.4 Å². The summed E-state index contributed by atoms with van der Waals surface area (Å²) in [6.45, 7) is 1.34. The first-order valence-corrected chi connectivity index (χ1v) is 7.96. The fourth-order valence-corrected chi connectivity index (χ4v) is 2.43. The topological polar surface area (TPSA) is 45.7 Å². The number of nitrogens with one attached hydrogen (secondary N) is 2. The van der Waals surface area contributed by atoms with Crippen molar-refractivity contribution in [2.75, 3.05) is 14.2 Å². The van der Waals surface area contributed by atoms with Gasteiger partial charge in [0.05, 0.1) is 6.61 Å². The van der Waals surface area contributed by atoms with Crippen molar-refractivity contribution in [3.05, 3.63) is 70.0 Å². The van der Waals surface area contributed by atoms with Gasteiger partial charge in [0.15, 0.2) is 5.96 Å². The highest BCUT2D eigenvalue weighted by atomic mass is 35.5. The van der Waals surface area contributed by atoms with Gasteiger partial charge in [-0.25, -0.2) is 4.39 Å². The van der Waals surface area contributed by atoms with Crippen LogP contribution in [-0.2, 0) is 24.4 Å². The zero-order chi connectivity index (χ0) is 17.4. The zero-order valence-corrected chi connectivity index (χ0v) is 14.5. The highest BCUT2D eigenvalue weighted by molar-refractivity contribution is 6.31. The Morgan fingerprint density at radius 2 is 1.88 bits per heavy atom. The third kappa shape index (κ3) is 5.22. The lowest BCUT2D eigenvalue weighted by atomic mass is 10.1. The van der Waals surface area contributed by atoms with Crippen molar-refractivity contribution in [2.45, 2.75) is 19.7 Å². The second-order valence-corrected chi connectivity index (χ2v) is 5.64. The molecule has 0 spiro atoms. The summed E-state index contributed by atoms with van der Waals surface area (Å²) in [5, 5.41) is 7.11. The second-order valence-electron chi connectivity index (χ2n) is 5.23. The molecule has 0 aliphatic heterocycles. The van der Waals surface area contributed by atoms with Crippen molar-refractivity contribution in [1.82, 2.24) is 10.6 Å². The summed E-state index contributed by atoms with van der Waals surface area (Å²) < 4.78 is 18.6. The molecule has 0 saturated heterocycles. The number of aliphatic imine (C=N–C) groups is 1. The normalized spacial score (nSPS) is 11.4. The maximum atomic E-state index is 13.6. The van der Waals surface area contributed by atoms with Crippen molar-refractivity contribution in [3.8, 4) is 0 Å². The zero-order valence-electron chi connectivity index (χ0n) is 13.8. The van der Waals surface area contributed by atoms with Gasteiger partial charge in [-0.2, -0.15) is 0 Å². The summed E-state index contributed by atoms with van der Waals surface area (Å²) in [4.78, 5) is 4.18. The molecule has 2 aromatic rings. The molecule has 2 rings (SSSR count). The third-order valence-electron chi connectivity index (χ3n) is 3.50. The molecule has 0 unspecified atom stereocenters. The maximum Gasteiger partial charge on any atom is 0.191 e. The number of hydrogen-bond donors (Lipinski definition) is 2. The Kier molecular flexibility index (Phi) is 7.03. The van der Waals surface area contributed by atoms with Crippen LogP contribution >= 0.6 is 11.6 Å². The van der Waals surface area contributed by atoms with Gasteiger partial charge in [0.2, 0.25) is 0 Å². The summed E-state index contributed by atoms with van der Waals surface area (Å²) >= 11 is 6.14. The Morgan fingerprint density at radius 1 is 1.12 bits per heavy atom. The van der Waals surface area contributed by atoms with E-state index in [0.29, 0.717) is 29.6 Å². The molecule has 0 fully saturated rings. The molecule has 0 aliphatic rings. The SMILES string of the molecule is CN=C(NCc1ccc(F)c(COC)c1)NCc1ccccc1Cl. The lowest BCUT2D eigenvalue weighted by Gasteiger charge is -2.13. The summed E-state index contributed by atoms with van der Waals surface area (Å²) in [5.41, 5.74) is 2.48.